The molecule has 2 atom stereocenters. The minimum Gasteiger partial charge on any atom is -0.465 e. The number of aliphatic hydroxyl groups is 1. The quantitative estimate of drug-likeness (QED) is 0.0374. The molecule has 0 aliphatic heterocycles. The van der Waals surface area contributed by atoms with Gasteiger partial charge in [-0.25, -0.2) is 0 Å². The number of hydrogen-bond acceptors (Lipinski definition) is 6. The van der Waals surface area contributed by atoms with Gasteiger partial charge in [0.15, 0.2) is 0 Å². The fourth-order valence-electron chi connectivity index (χ4n) is 8.02. The van der Waals surface area contributed by atoms with Crippen LogP contribution in [0, 0.1) is 11.8 Å². The van der Waals surface area contributed by atoms with Crippen LogP contribution in [0.25, 0.3) is 0 Å². The van der Waals surface area contributed by atoms with E-state index in [1.54, 1.807) is 7.11 Å². The van der Waals surface area contributed by atoms with Gasteiger partial charge in [-0.3, -0.25) is 4.79 Å². The van der Waals surface area contributed by atoms with Crippen molar-refractivity contribution in [3.8, 4) is 0 Å². The first-order chi connectivity index (χ1) is 28.5. The van der Waals surface area contributed by atoms with Gasteiger partial charge < -0.3 is 24.3 Å². The van der Waals surface area contributed by atoms with Crippen molar-refractivity contribution in [1.29, 1.82) is 0 Å². The summed E-state index contributed by atoms with van der Waals surface area (Å²) in [6, 6.07) is 0. The SMILES string of the molecule is CCCCCCCCC(C=O)CCCCCCC.CCCCCCCCCC(CCCCCCC)C(=O)OCCCCCCCN(CCCO)CCCCCCOC. The highest BCUT2D eigenvalue weighted by Gasteiger charge is 2.19. The van der Waals surface area contributed by atoms with Crippen LogP contribution in [-0.2, 0) is 19.1 Å². The smallest absolute Gasteiger partial charge is 0.308 e. The van der Waals surface area contributed by atoms with Crippen molar-refractivity contribution in [3.05, 3.63) is 0 Å². The number of unbranched alkanes of at least 4 members (excludes halogenated alkanes) is 26. The molecule has 0 saturated heterocycles. The third-order valence-corrected chi connectivity index (χ3v) is 12.0. The van der Waals surface area contributed by atoms with Gasteiger partial charge in [0.1, 0.15) is 6.29 Å². The van der Waals surface area contributed by atoms with E-state index < -0.39 is 0 Å². The molecule has 348 valence electrons. The average Bonchev–Trinajstić information content (AvgIpc) is 3.23. The van der Waals surface area contributed by atoms with Gasteiger partial charge in [0, 0.05) is 32.8 Å². The number of rotatable bonds is 47. The first kappa shape index (κ1) is 59.1. The van der Waals surface area contributed by atoms with Crippen LogP contribution in [0.4, 0.5) is 0 Å². The van der Waals surface area contributed by atoms with Crippen molar-refractivity contribution >= 4 is 12.3 Å². The summed E-state index contributed by atoms with van der Waals surface area (Å²) in [6.07, 6.45) is 47.0. The second-order valence-corrected chi connectivity index (χ2v) is 17.7. The summed E-state index contributed by atoms with van der Waals surface area (Å²) in [4.78, 5) is 26.4. The molecule has 0 rings (SSSR count). The summed E-state index contributed by atoms with van der Waals surface area (Å²) in [5.74, 6) is 0.531. The zero-order valence-electron chi connectivity index (χ0n) is 40.2. The number of hydrogen-bond donors (Lipinski definition) is 1. The lowest BCUT2D eigenvalue weighted by molar-refractivity contribution is -0.149. The molecular weight excluding hydrogens is 719 g/mol. The minimum absolute atomic E-state index is 0.0724. The largest absolute Gasteiger partial charge is 0.465 e. The predicted octanol–water partition coefficient (Wildman–Crippen LogP) is 15.4. The highest BCUT2D eigenvalue weighted by atomic mass is 16.5. The lowest BCUT2D eigenvalue weighted by Crippen LogP contribution is -2.28. The van der Waals surface area contributed by atoms with E-state index in [9.17, 15) is 14.7 Å². The average molecular weight is 824 g/mol. The van der Waals surface area contributed by atoms with E-state index in [0.29, 0.717) is 12.5 Å². The Balaban J connectivity index is 0. The number of methoxy groups -OCH3 is 1. The maximum atomic E-state index is 12.9. The van der Waals surface area contributed by atoms with Gasteiger partial charge in [-0.2, -0.15) is 0 Å². The minimum atomic E-state index is 0.0724. The summed E-state index contributed by atoms with van der Waals surface area (Å²) in [7, 11) is 1.77. The number of esters is 1. The summed E-state index contributed by atoms with van der Waals surface area (Å²) in [5.41, 5.74) is 0. The molecule has 0 aromatic carbocycles. The van der Waals surface area contributed by atoms with Crippen LogP contribution in [0.1, 0.15) is 265 Å². The van der Waals surface area contributed by atoms with Crippen LogP contribution in [-0.4, -0.2) is 68.8 Å². The molecule has 0 saturated carbocycles. The van der Waals surface area contributed by atoms with E-state index >= 15 is 0 Å². The fraction of sp³-hybridized carbons (Fsp3) is 0.962. The zero-order chi connectivity index (χ0) is 42.8. The zero-order valence-corrected chi connectivity index (χ0v) is 40.2. The molecule has 0 aliphatic carbocycles. The Labute approximate surface area is 363 Å². The standard InChI is InChI=1S/C35H71NO4.C17H34O/c1-4-6-8-10-11-14-20-27-34(26-19-13-9-7-5-2)35(38)40-33-24-17-12-15-21-28-36(30-25-31-37)29-22-16-18-23-32-39-3;1-3-5-7-9-11-13-15-17(16-18)14-12-10-8-6-4-2/h34,37H,4-33H2,1-3H3;16-17H,3-15H2,1-2H3. The molecule has 0 heterocycles. The van der Waals surface area contributed by atoms with Crippen LogP contribution in [0.5, 0.6) is 0 Å². The third-order valence-electron chi connectivity index (χ3n) is 12.0. The van der Waals surface area contributed by atoms with Crippen molar-refractivity contribution in [3.63, 3.8) is 0 Å². The van der Waals surface area contributed by atoms with E-state index in [-0.39, 0.29) is 18.5 Å². The molecule has 1 N–H and O–H groups in total. The number of ether oxygens (including phenoxy) is 2. The molecule has 6 nitrogen and oxygen atoms in total. The van der Waals surface area contributed by atoms with Gasteiger partial charge in [-0.1, -0.05) is 207 Å². The van der Waals surface area contributed by atoms with Crippen LogP contribution in [0.3, 0.4) is 0 Å². The molecule has 2 unspecified atom stereocenters. The number of aliphatic hydroxyl groups excluding tert-OH is 1. The van der Waals surface area contributed by atoms with Crippen molar-refractivity contribution in [2.45, 2.75) is 265 Å². The van der Waals surface area contributed by atoms with E-state index in [4.69, 9.17) is 9.47 Å². The van der Waals surface area contributed by atoms with E-state index in [1.807, 2.05) is 0 Å². The lowest BCUT2D eigenvalue weighted by Gasteiger charge is -2.22. The molecule has 0 amide bonds. The lowest BCUT2D eigenvalue weighted by atomic mass is 9.94. The summed E-state index contributed by atoms with van der Waals surface area (Å²) < 4.78 is 10.9. The second kappa shape index (κ2) is 52.2. The van der Waals surface area contributed by atoms with Gasteiger partial charge in [0.25, 0.3) is 0 Å². The molecule has 0 aromatic rings. The highest BCUT2D eigenvalue weighted by molar-refractivity contribution is 5.72. The van der Waals surface area contributed by atoms with Crippen LogP contribution >= 0.6 is 0 Å². The monoisotopic (exact) mass is 824 g/mol. The van der Waals surface area contributed by atoms with Gasteiger partial charge in [0.05, 0.1) is 12.5 Å². The van der Waals surface area contributed by atoms with E-state index in [1.165, 1.54) is 192 Å². The Morgan fingerprint density at radius 1 is 0.466 bits per heavy atom. The Morgan fingerprint density at radius 3 is 1.21 bits per heavy atom. The van der Waals surface area contributed by atoms with Gasteiger partial charge in [-0.15, -0.1) is 0 Å². The molecule has 0 fully saturated rings. The predicted molar refractivity (Wildman–Crippen MR) is 253 cm³/mol. The second-order valence-electron chi connectivity index (χ2n) is 17.7. The molecular formula is C52H105NO5. The molecule has 0 spiro atoms. The maximum Gasteiger partial charge on any atom is 0.308 e. The molecule has 58 heavy (non-hydrogen) atoms. The molecule has 6 heteroatoms. The number of carbonyl (C=O) groups is 2. The van der Waals surface area contributed by atoms with E-state index in [2.05, 4.69) is 32.6 Å². The molecule has 0 bridgehead atoms. The number of carbonyl (C=O) groups excluding carboxylic acids is 2. The summed E-state index contributed by atoms with van der Waals surface area (Å²) in [6.45, 7) is 14.0. The van der Waals surface area contributed by atoms with Crippen molar-refractivity contribution in [1.82, 2.24) is 4.90 Å². The van der Waals surface area contributed by atoms with Crippen LogP contribution in [0.2, 0.25) is 0 Å². The molecule has 0 radical (unpaired) electrons. The van der Waals surface area contributed by atoms with Crippen molar-refractivity contribution in [2.75, 3.05) is 46.6 Å². The number of aldehydes is 1. The Kier molecular flexibility index (Phi) is 53.2. The van der Waals surface area contributed by atoms with Gasteiger partial charge >= 0.3 is 5.97 Å². The maximum absolute atomic E-state index is 12.9. The summed E-state index contributed by atoms with van der Waals surface area (Å²) >= 11 is 0. The first-order valence-corrected chi connectivity index (χ1v) is 26.0. The van der Waals surface area contributed by atoms with E-state index in [0.717, 1.165) is 77.6 Å². The first-order valence-electron chi connectivity index (χ1n) is 26.0. The van der Waals surface area contributed by atoms with Crippen LogP contribution in [0.15, 0.2) is 0 Å². The van der Waals surface area contributed by atoms with Crippen LogP contribution < -0.4 is 0 Å². The third kappa shape index (κ3) is 46.1. The number of nitrogens with zero attached hydrogens (tertiary/aromatic N) is 1. The van der Waals surface area contributed by atoms with Gasteiger partial charge in [-0.05, 0) is 70.9 Å². The van der Waals surface area contributed by atoms with Gasteiger partial charge in [0.2, 0.25) is 0 Å². The molecule has 0 aliphatic rings. The van der Waals surface area contributed by atoms with Crippen molar-refractivity contribution in [2.24, 2.45) is 11.8 Å². The molecule has 0 aromatic heterocycles. The highest BCUT2D eigenvalue weighted by Crippen LogP contribution is 2.22. The fourth-order valence-corrected chi connectivity index (χ4v) is 8.02. The normalized spacial score (nSPS) is 12.4. The Hall–Kier alpha value is -0.980. The van der Waals surface area contributed by atoms with Crippen molar-refractivity contribution < 1.29 is 24.2 Å². The Bertz CT molecular complexity index is 779. The Morgan fingerprint density at radius 2 is 0.810 bits per heavy atom. The topological polar surface area (TPSA) is 76.1 Å². The summed E-state index contributed by atoms with van der Waals surface area (Å²) in [5, 5.41) is 9.24.